The van der Waals surface area contributed by atoms with E-state index in [-0.39, 0.29) is 12.6 Å². The van der Waals surface area contributed by atoms with Crippen molar-refractivity contribution >= 4 is 40.8 Å². The molecule has 2 aliphatic rings. The van der Waals surface area contributed by atoms with Crippen molar-refractivity contribution < 1.29 is 19.1 Å². The highest BCUT2D eigenvalue weighted by Crippen LogP contribution is 2.34. The Hall–Kier alpha value is -2.90. The van der Waals surface area contributed by atoms with Crippen molar-refractivity contribution in [3.63, 3.8) is 0 Å². The number of rotatable bonds is 7. The number of nitrogens with zero attached hydrogens (tertiary/aromatic N) is 1. The van der Waals surface area contributed by atoms with Crippen LogP contribution in [0.2, 0.25) is 4.34 Å². The molecule has 0 spiro atoms. The van der Waals surface area contributed by atoms with E-state index < -0.39 is 29.9 Å². The molecule has 2 heterocycles. The SMILES string of the molecule is CC(NC(=O)N1C(=O)C(Cc2ccc(Cl)s2)C1C(=O)OCC1=CCCC=C1)c1ccccc1. The van der Waals surface area contributed by atoms with Gasteiger partial charge in [-0.25, -0.2) is 14.5 Å². The molecule has 3 atom stereocenters. The first-order valence-corrected chi connectivity index (χ1v) is 12.1. The van der Waals surface area contributed by atoms with Crippen LogP contribution >= 0.6 is 22.9 Å². The topological polar surface area (TPSA) is 75.7 Å². The van der Waals surface area contributed by atoms with E-state index in [1.807, 2.05) is 61.5 Å². The number of carbonyl (C=O) groups is 3. The van der Waals surface area contributed by atoms with E-state index in [2.05, 4.69) is 5.32 Å². The van der Waals surface area contributed by atoms with Gasteiger partial charge in [0, 0.05) is 4.88 Å². The molecule has 2 aromatic rings. The predicted octanol–water partition coefficient (Wildman–Crippen LogP) is 5.06. The van der Waals surface area contributed by atoms with Crippen LogP contribution in [0.5, 0.6) is 0 Å². The van der Waals surface area contributed by atoms with Gasteiger partial charge < -0.3 is 10.1 Å². The summed E-state index contributed by atoms with van der Waals surface area (Å²) in [6, 6.07) is 11.1. The van der Waals surface area contributed by atoms with Crippen LogP contribution in [0.4, 0.5) is 4.79 Å². The number of β-lactam (4-membered cyclic amide) rings is 1. The van der Waals surface area contributed by atoms with Crippen molar-refractivity contribution in [1.29, 1.82) is 0 Å². The van der Waals surface area contributed by atoms with Crippen LogP contribution < -0.4 is 5.32 Å². The molecule has 4 rings (SSSR count). The Morgan fingerprint density at radius 1 is 1.21 bits per heavy atom. The van der Waals surface area contributed by atoms with E-state index in [1.165, 1.54) is 11.3 Å². The molecule has 33 heavy (non-hydrogen) atoms. The fourth-order valence-electron chi connectivity index (χ4n) is 4.02. The maximum atomic E-state index is 13.0. The molecule has 0 radical (unpaired) electrons. The first kappa shape index (κ1) is 23.3. The summed E-state index contributed by atoms with van der Waals surface area (Å²) in [4.78, 5) is 40.8. The van der Waals surface area contributed by atoms with Crippen LogP contribution in [0, 0.1) is 5.92 Å². The van der Waals surface area contributed by atoms with E-state index >= 15 is 0 Å². The molecular formula is C25H25ClN2O4S. The van der Waals surface area contributed by atoms with Gasteiger partial charge in [0.1, 0.15) is 6.61 Å². The molecule has 3 unspecified atom stereocenters. The van der Waals surface area contributed by atoms with E-state index in [4.69, 9.17) is 16.3 Å². The van der Waals surface area contributed by atoms with Crippen LogP contribution in [0.1, 0.15) is 36.2 Å². The molecule has 1 aromatic heterocycles. The highest BCUT2D eigenvalue weighted by molar-refractivity contribution is 7.16. The second kappa shape index (κ2) is 10.4. The van der Waals surface area contributed by atoms with E-state index in [0.717, 1.165) is 33.8 Å². The van der Waals surface area contributed by atoms with Gasteiger partial charge in [-0.15, -0.1) is 11.3 Å². The highest BCUT2D eigenvalue weighted by Gasteiger charge is 2.55. The van der Waals surface area contributed by atoms with Crippen molar-refractivity contribution in [2.45, 2.75) is 38.3 Å². The number of amides is 3. The first-order chi connectivity index (χ1) is 15.9. The molecule has 3 amide bonds. The number of ether oxygens (including phenoxy) is 1. The average Bonchev–Trinajstić information content (AvgIpc) is 3.25. The summed E-state index contributed by atoms with van der Waals surface area (Å²) in [6.07, 6.45) is 8.18. The summed E-state index contributed by atoms with van der Waals surface area (Å²) in [7, 11) is 0. The van der Waals surface area contributed by atoms with Gasteiger partial charge in [0.15, 0.2) is 6.04 Å². The van der Waals surface area contributed by atoms with Crippen LogP contribution in [-0.4, -0.2) is 35.5 Å². The van der Waals surface area contributed by atoms with Gasteiger partial charge in [-0.1, -0.05) is 60.2 Å². The Kier molecular flexibility index (Phi) is 7.30. The monoisotopic (exact) mass is 484 g/mol. The third-order valence-corrected chi connectivity index (χ3v) is 7.07. The van der Waals surface area contributed by atoms with Crippen molar-refractivity contribution in [2.24, 2.45) is 5.92 Å². The molecular weight excluding hydrogens is 460 g/mol. The number of hydrogen-bond donors (Lipinski definition) is 1. The van der Waals surface area contributed by atoms with Crippen molar-refractivity contribution in [2.75, 3.05) is 6.61 Å². The molecule has 6 nitrogen and oxygen atoms in total. The van der Waals surface area contributed by atoms with Crippen molar-refractivity contribution in [3.05, 3.63) is 81.0 Å². The van der Waals surface area contributed by atoms with E-state index in [1.54, 1.807) is 6.07 Å². The number of nitrogens with one attached hydrogen (secondary N) is 1. The van der Waals surface area contributed by atoms with Crippen LogP contribution in [0.25, 0.3) is 0 Å². The first-order valence-electron chi connectivity index (χ1n) is 10.9. The van der Waals surface area contributed by atoms with Gasteiger partial charge >= 0.3 is 12.0 Å². The maximum absolute atomic E-state index is 13.0. The lowest BCUT2D eigenvalue weighted by Gasteiger charge is -2.43. The number of thiophene rings is 1. The smallest absolute Gasteiger partial charge is 0.330 e. The largest absolute Gasteiger partial charge is 0.459 e. The summed E-state index contributed by atoms with van der Waals surface area (Å²) < 4.78 is 6.13. The quantitative estimate of drug-likeness (QED) is 0.440. The lowest BCUT2D eigenvalue weighted by molar-refractivity contribution is -0.168. The minimum absolute atomic E-state index is 0.119. The van der Waals surface area contributed by atoms with Gasteiger partial charge in [0.2, 0.25) is 5.91 Å². The second-order valence-corrected chi connectivity index (χ2v) is 9.92. The number of urea groups is 1. The Balaban J connectivity index is 1.48. The van der Waals surface area contributed by atoms with Crippen LogP contribution in [0.3, 0.4) is 0 Å². The van der Waals surface area contributed by atoms with E-state index in [0.29, 0.717) is 10.8 Å². The molecule has 1 aliphatic heterocycles. The molecule has 0 bridgehead atoms. The molecule has 1 saturated heterocycles. The highest BCUT2D eigenvalue weighted by atomic mass is 35.5. The fourth-order valence-corrected chi connectivity index (χ4v) is 5.16. The zero-order chi connectivity index (χ0) is 23.4. The van der Waals surface area contributed by atoms with Crippen molar-refractivity contribution in [1.82, 2.24) is 10.2 Å². The lowest BCUT2D eigenvalue weighted by atomic mass is 9.84. The number of esters is 1. The molecule has 1 N–H and O–H groups in total. The predicted molar refractivity (Wildman–Crippen MR) is 128 cm³/mol. The fraction of sp³-hybridized carbons (Fsp3) is 0.320. The zero-order valence-corrected chi connectivity index (χ0v) is 19.8. The van der Waals surface area contributed by atoms with Crippen molar-refractivity contribution in [3.8, 4) is 0 Å². The van der Waals surface area contributed by atoms with Gasteiger partial charge in [0.25, 0.3) is 0 Å². The summed E-state index contributed by atoms with van der Waals surface area (Å²) >= 11 is 7.38. The molecule has 172 valence electrons. The number of carbonyl (C=O) groups excluding carboxylic acids is 3. The molecule has 1 aromatic carbocycles. The number of imide groups is 1. The van der Waals surface area contributed by atoms with E-state index in [9.17, 15) is 14.4 Å². The van der Waals surface area contributed by atoms with Gasteiger partial charge in [-0.3, -0.25) is 4.79 Å². The standard InChI is InChI=1S/C25H25ClN2O4S/c1-16(18-10-6-3-7-11-18)27-25(31)28-22(24(30)32-15-17-8-4-2-5-9-17)20(23(28)29)14-19-12-13-21(26)33-19/h3-4,6-13,16,20,22H,2,5,14-15H2,1H3,(H,27,31). The normalized spacial score (nSPS) is 20.6. The summed E-state index contributed by atoms with van der Waals surface area (Å²) in [5.74, 6) is -1.64. The van der Waals surface area contributed by atoms with Crippen LogP contribution in [0.15, 0.2) is 66.3 Å². The Labute approximate surface area is 201 Å². The molecule has 1 fully saturated rings. The Morgan fingerprint density at radius 2 is 2.00 bits per heavy atom. The third kappa shape index (κ3) is 5.37. The zero-order valence-electron chi connectivity index (χ0n) is 18.2. The number of likely N-dealkylation sites (tertiary alicyclic amines) is 1. The summed E-state index contributed by atoms with van der Waals surface area (Å²) in [6.45, 7) is 1.95. The molecule has 0 saturated carbocycles. The minimum atomic E-state index is -0.977. The lowest BCUT2D eigenvalue weighted by Crippen LogP contribution is -2.69. The molecule has 1 aliphatic carbocycles. The second-order valence-electron chi connectivity index (χ2n) is 8.12. The van der Waals surface area contributed by atoms with Crippen LogP contribution in [-0.2, 0) is 20.7 Å². The number of allylic oxidation sites excluding steroid dienone is 2. The minimum Gasteiger partial charge on any atom is -0.459 e. The van der Waals surface area contributed by atoms with Gasteiger partial charge in [-0.05, 0) is 49.5 Å². The third-order valence-electron chi connectivity index (χ3n) is 5.82. The van der Waals surface area contributed by atoms with Gasteiger partial charge in [0.05, 0.1) is 16.3 Å². The Morgan fingerprint density at radius 3 is 2.67 bits per heavy atom. The van der Waals surface area contributed by atoms with Gasteiger partial charge in [-0.2, -0.15) is 0 Å². The number of benzene rings is 1. The summed E-state index contributed by atoms with van der Waals surface area (Å²) in [5, 5.41) is 2.82. The Bertz CT molecular complexity index is 1090. The average molecular weight is 485 g/mol. The number of halogens is 1. The molecule has 8 heteroatoms. The summed E-state index contributed by atoms with van der Waals surface area (Å²) in [5.41, 5.74) is 1.81. The maximum Gasteiger partial charge on any atom is 0.330 e. The number of hydrogen-bond acceptors (Lipinski definition) is 5.